The summed E-state index contributed by atoms with van der Waals surface area (Å²) in [4.78, 5) is 6.88. The van der Waals surface area contributed by atoms with Crippen LogP contribution in [-0.4, -0.2) is 33.6 Å². The van der Waals surface area contributed by atoms with E-state index in [1.807, 2.05) is 12.5 Å². The van der Waals surface area contributed by atoms with Gasteiger partial charge in [0.05, 0.1) is 6.33 Å². The smallest absolute Gasteiger partial charge is 0.0948 e. The molecule has 2 aromatic rings. The fourth-order valence-corrected chi connectivity index (χ4v) is 3.47. The normalized spacial score (nSPS) is 21.3. The van der Waals surface area contributed by atoms with Crippen molar-refractivity contribution < 1.29 is 0 Å². The predicted molar refractivity (Wildman–Crippen MR) is 86.3 cm³/mol. The first-order chi connectivity index (χ1) is 10.3. The van der Waals surface area contributed by atoms with Crippen LogP contribution in [0.25, 0.3) is 0 Å². The van der Waals surface area contributed by atoms with Crippen molar-refractivity contribution in [1.29, 1.82) is 0 Å². The van der Waals surface area contributed by atoms with Crippen molar-refractivity contribution in [2.24, 2.45) is 0 Å². The minimum Gasteiger partial charge on any atom is -0.333 e. The molecule has 1 aliphatic heterocycles. The summed E-state index contributed by atoms with van der Waals surface area (Å²) < 4.78 is 2.26. The molecule has 1 aromatic heterocycles. The first-order valence-corrected chi connectivity index (χ1v) is 8.10. The van der Waals surface area contributed by atoms with Gasteiger partial charge in [0.2, 0.25) is 0 Å². The summed E-state index contributed by atoms with van der Waals surface area (Å²) in [6, 6.07) is 12.0. The van der Waals surface area contributed by atoms with Crippen LogP contribution in [0.1, 0.15) is 37.8 Å². The topological polar surface area (TPSA) is 21.1 Å². The van der Waals surface area contributed by atoms with E-state index in [1.54, 1.807) is 0 Å². The highest BCUT2D eigenvalue weighted by atomic mass is 15.2. The Kier molecular flexibility index (Phi) is 4.71. The molecule has 2 atom stereocenters. The first-order valence-electron chi connectivity index (χ1n) is 8.10. The van der Waals surface area contributed by atoms with Gasteiger partial charge in [-0.15, -0.1) is 0 Å². The Balaban J connectivity index is 1.64. The second-order valence-corrected chi connectivity index (χ2v) is 6.09. The molecule has 0 N–H and O–H groups in total. The molecule has 3 rings (SSSR count). The fourth-order valence-electron chi connectivity index (χ4n) is 3.47. The van der Waals surface area contributed by atoms with E-state index < -0.39 is 0 Å². The van der Waals surface area contributed by atoms with Crippen molar-refractivity contribution >= 4 is 0 Å². The van der Waals surface area contributed by atoms with Crippen LogP contribution in [0.2, 0.25) is 0 Å². The molecule has 2 unspecified atom stereocenters. The van der Waals surface area contributed by atoms with Gasteiger partial charge in [0.25, 0.3) is 0 Å². The van der Waals surface area contributed by atoms with Crippen molar-refractivity contribution in [3.8, 4) is 0 Å². The Morgan fingerprint density at radius 1 is 1.24 bits per heavy atom. The first kappa shape index (κ1) is 14.3. The van der Waals surface area contributed by atoms with Gasteiger partial charge in [0, 0.05) is 31.0 Å². The van der Waals surface area contributed by atoms with Crippen LogP contribution in [0.4, 0.5) is 0 Å². The number of imidazole rings is 1. The van der Waals surface area contributed by atoms with Gasteiger partial charge in [0.1, 0.15) is 0 Å². The third kappa shape index (κ3) is 3.53. The minimum absolute atomic E-state index is 0.503. The zero-order valence-corrected chi connectivity index (χ0v) is 12.9. The van der Waals surface area contributed by atoms with Crippen molar-refractivity contribution in [3.63, 3.8) is 0 Å². The molecule has 0 radical (unpaired) electrons. The Morgan fingerprint density at radius 2 is 2.10 bits per heavy atom. The molecule has 112 valence electrons. The zero-order chi connectivity index (χ0) is 14.5. The molecule has 1 aliphatic rings. The van der Waals surface area contributed by atoms with E-state index in [9.17, 15) is 0 Å². The van der Waals surface area contributed by atoms with Gasteiger partial charge in [-0.05, 0) is 38.3 Å². The van der Waals surface area contributed by atoms with Crippen molar-refractivity contribution in [3.05, 3.63) is 54.6 Å². The molecule has 0 aliphatic carbocycles. The van der Waals surface area contributed by atoms with Crippen molar-refractivity contribution in [1.82, 2.24) is 14.5 Å². The quantitative estimate of drug-likeness (QED) is 0.837. The maximum atomic E-state index is 4.20. The third-order valence-electron chi connectivity index (χ3n) is 4.75. The van der Waals surface area contributed by atoms with Crippen molar-refractivity contribution in [2.75, 3.05) is 13.1 Å². The molecule has 1 fully saturated rings. The van der Waals surface area contributed by atoms with E-state index in [0.717, 1.165) is 13.0 Å². The second-order valence-electron chi connectivity index (χ2n) is 6.09. The van der Waals surface area contributed by atoms with Crippen LogP contribution in [0.5, 0.6) is 0 Å². The lowest BCUT2D eigenvalue weighted by molar-refractivity contribution is 0.110. The molecule has 2 heterocycles. The maximum absolute atomic E-state index is 4.20. The van der Waals surface area contributed by atoms with Crippen LogP contribution in [0.3, 0.4) is 0 Å². The number of hydrogen-bond acceptors (Lipinski definition) is 2. The van der Waals surface area contributed by atoms with Gasteiger partial charge in [-0.1, -0.05) is 36.8 Å². The maximum Gasteiger partial charge on any atom is 0.0948 e. The summed E-state index contributed by atoms with van der Waals surface area (Å²) in [6.45, 7) is 4.72. The lowest BCUT2D eigenvalue weighted by Gasteiger charge is -2.39. The monoisotopic (exact) mass is 283 g/mol. The fraction of sp³-hybridized carbons (Fsp3) is 0.500. The third-order valence-corrected chi connectivity index (χ3v) is 4.75. The lowest BCUT2D eigenvalue weighted by Crippen LogP contribution is -2.44. The Hall–Kier alpha value is -1.61. The molecule has 3 heteroatoms. The van der Waals surface area contributed by atoms with Gasteiger partial charge in [0.15, 0.2) is 0 Å². The van der Waals surface area contributed by atoms with E-state index in [0.29, 0.717) is 12.1 Å². The van der Waals surface area contributed by atoms with Crippen LogP contribution >= 0.6 is 0 Å². The van der Waals surface area contributed by atoms with Crippen molar-refractivity contribution in [2.45, 2.75) is 44.7 Å². The molecular weight excluding hydrogens is 258 g/mol. The second kappa shape index (κ2) is 6.90. The summed E-state index contributed by atoms with van der Waals surface area (Å²) in [6.07, 6.45) is 11.1. The van der Waals surface area contributed by atoms with Gasteiger partial charge < -0.3 is 4.57 Å². The van der Waals surface area contributed by atoms with E-state index in [-0.39, 0.29) is 0 Å². The summed E-state index contributed by atoms with van der Waals surface area (Å²) in [7, 11) is 0. The molecule has 1 saturated heterocycles. The number of likely N-dealkylation sites (tertiary alicyclic amines) is 1. The van der Waals surface area contributed by atoms with E-state index in [2.05, 4.69) is 57.9 Å². The Bertz CT molecular complexity index is 521. The van der Waals surface area contributed by atoms with Gasteiger partial charge in [-0.2, -0.15) is 0 Å². The van der Waals surface area contributed by atoms with Crippen LogP contribution in [-0.2, 0) is 6.42 Å². The summed E-state index contributed by atoms with van der Waals surface area (Å²) >= 11 is 0. The Morgan fingerprint density at radius 3 is 2.86 bits per heavy atom. The average Bonchev–Trinajstić information content (AvgIpc) is 3.08. The predicted octanol–water partition coefficient (Wildman–Crippen LogP) is 3.54. The molecule has 0 spiro atoms. The minimum atomic E-state index is 0.503. The van der Waals surface area contributed by atoms with E-state index in [4.69, 9.17) is 0 Å². The number of aromatic nitrogens is 2. The molecule has 21 heavy (non-hydrogen) atoms. The number of benzene rings is 1. The van der Waals surface area contributed by atoms with E-state index in [1.165, 1.54) is 31.4 Å². The summed E-state index contributed by atoms with van der Waals surface area (Å²) in [5.74, 6) is 0. The standard InChI is InChI=1S/C18H25N3/c1-16(21-14-11-19-15-21)18-9-5-6-12-20(18)13-10-17-7-3-2-4-8-17/h2-4,7-8,11,14-16,18H,5-6,9-10,12-13H2,1H3. The number of nitrogens with zero attached hydrogens (tertiary/aromatic N) is 3. The molecule has 0 saturated carbocycles. The SMILES string of the molecule is CC(C1CCCCN1CCc1ccccc1)n1ccnc1. The number of piperidine rings is 1. The summed E-state index contributed by atoms with van der Waals surface area (Å²) in [5, 5.41) is 0. The van der Waals surface area contributed by atoms with Crippen LogP contribution < -0.4 is 0 Å². The molecule has 0 amide bonds. The van der Waals surface area contributed by atoms with Gasteiger partial charge in [-0.25, -0.2) is 4.98 Å². The summed E-state index contributed by atoms with van der Waals surface area (Å²) in [5.41, 5.74) is 1.44. The lowest BCUT2D eigenvalue weighted by atomic mass is 9.95. The van der Waals surface area contributed by atoms with Gasteiger partial charge in [-0.3, -0.25) is 4.90 Å². The highest BCUT2D eigenvalue weighted by Crippen LogP contribution is 2.26. The van der Waals surface area contributed by atoms with Crippen LogP contribution in [0, 0.1) is 0 Å². The highest BCUT2D eigenvalue weighted by Gasteiger charge is 2.27. The largest absolute Gasteiger partial charge is 0.333 e. The molecule has 0 bridgehead atoms. The molecular formula is C18H25N3. The molecule has 1 aromatic carbocycles. The number of hydrogen-bond donors (Lipinski definition) is 0. The number of rotatable bonds is 5. The highest BCUT2D eigenvalue weighted by molar-refractivity contribution is 5.15. The van der Waals surface area contributed by atoms with E-state index >= 15 is 0 Å². The Labute approximate surface area is 127 Å². The molecule has 3 nitrogen and oxygen atoms in total. The zero-order valence-electron chi connectivity index (χ0n) is 12.9. The van der Waals surface area contributed by atoms with Gasteiger partial charge >= 0.3 is 0 Å². The average molecular weight is 283 g/mol. The van der Waals surface area contributed by atoms with Crippen LogP contribution in [0.15, 0.2) is 49.1 Å².